The highest BCUT2D eigenvalue weighted by Gasteiger charge is 2.15. The van der Waals surface area contributed by atoms with Crippen LogP contribution in [0.2, 0.25) is 0 Å². The SMILES string of the molecule is C=C/C=C\C=C/C.CC.O=C1CCC(=O)N1. The summed E-state index contributed by atoms with van der Waals surface area (Å²) in [5, 5.41) is 2.14. The largest absolute Gasteiger partial charge is 0.296 e. The molecular weight excluding hydrogens is 202 g/mol. The Bertz CT molecular complexity index is 251. The molecule has 1 fully saturated rings. The molecule has 0 aromatic heterocycles. The minimum absolute atomic E-state index is 0.148. The van der Waals surface area contributed by atoms with Gasteiger partial charge in [-0.25, -0.2) is 0 Å². The molecule has 0 radical (unpaired) electrons. The van der Waals surface area contributed by atoms with Crippen molar-refractivity contribution in [3.05, 3.63) is 37.0 Å². The number of allylic oxidation sites excluding steroid dienone is 5. The third-order valence-electron chi connectivity index (χ3n) is 1.41. The van der Waals surface area contributed by atoms with E-state index in [0.29, 0.717) is 12.8 Å². The average molecular weight is 223 g/mol. The lowest BCUT2D eigenvalue weighted by Crippen LogP contribution is -2.18. The number of hydrogen-bond acceptors (Lipinski definition) is 2. The van der Waals surface area contributed by atoms with Crippen molar-refractivity contribution in [2.45, 2.75) is 33.6 Å². The first-order valence-electron chi connectivity index (χ1n) is 5.43. The first-order chi connectivity index (χ1) is 7.70. The van der Waals surface area contributed by atoms with Gasteiger partial charge in [0.15, 0.2) is 0 Å². The van der Waals surface area contributed by atoms with E-state index in [1.807, 2.05) is 45.1 Å². The Balaban J connectivity index is 0. The van der Waals surface area contributed by atoms with Crippen LogP contribution in [0.3, 0.4) is 0 Å². The van der Waals surface area contributed by atoms with Gasteiger partial charge in [-0.3, -0.25) is 14.9 Å². The van der Waals surface area contributed by atoms with Crippen molar-refractivity contribution in [1.29, 1.82) is 0 Å². The van der Waals surface area contributed by atoms with Crippen LogP contribution in [0, 0.1) is 0 Å². The summed E-state index contributed by atoms with van der Waals surface area (Å²) in [5.74, 6) is -0.296. The van der Waals surface area contributed by atoms with Gasteiger partial charge in [0.05, 0.1) is 0 Å². The summed E-state index contributed by atoms with van der Waals surface area (Å²) in [6.07, 6.45) is 10.3. The van der Waals surface area contributed by atoms with Crippen molar-refractivity contribution >= 4 is 11.8 Å². The molecule has 0 aromatic carbocycles. The van der Waals surface area contributed by atoms with Crippen LogP contribution in [0.25, 0.3) is 0 Å². The normalized spacial score (nSPS) is 13.9. The summed E-state index contributed by atoms with van der Waals surface area (Å²) in [6, 6.07) is 0. The van der Waals surface area contributed by atoms with E-state index in [2.05, 4.69) is 11.9 Å². The van der Waals surface area contributed by atoms with Crippen LogP contribution in [0.1, 0.15) is 33.6 Å². The average Bonchev–Trinajstić information content (AvgIpc) is 2.67. The lowest BCUT2D eigenvalue weighted by atomic mass is 10.4. The molecule has 1 aliphatic heterocycles. The maximum Gasteiger partial charge on any atom is 0.227 e. The lowest BCUT2D eigenvalue weighted by molar-refractivity contribution is -0.124. The van der Waals surface area contributed by atoms with Gasteiger partial charge >= 0.3 is 0 Å². The second-order valence-corrected chi connectivity index (χ2v) is 2.62. The van der Waals surface area contributed by atoms with Gasteiger partial charge in [0, 0.05) is 12.8 Å². The Hall–Kier alpha value is -1.64. The molecule has 0 unspecified atom stereocenters. The molecule has 3 nitrogen and oxygen atoms in total. The molecule has 3 heteroatoms. The molecule has 1 aliphatic rings. The molecule has 0 saturated carbocycles. The van der Waals surface area contributed by atoms with Gasteiger partial charge in [0.25, 0.3) is 0 Å². The van der Waals surface area contributed by atoms with E-state index >= 15 is 0 Å². The number of nitrogens with one attached hydrogen (secondary N) is 1. The zero-order chi connectivity index (χ0) is 12.8. The minimum atomic E-state index is -0.148. The van der Waals surface area contributed by atoms with Gasteiger partial charge in [-0.05, 0) is 6.92 Å². The molecule has 16 heavy (non-hydrogen) atoms. The number of carbonyl (C=O) groups excluding carboxylic acids is 2. The van der Waals surface area contributed by atoms with Gasteiger partial charge in [-0.15, -0.1) is 0 Å². The Morgan fingerprint density at radius 3 is 1.81 bits per heavy atom. The van der Waals surface area contributed by atoms with Crippen molar-refractivity contribution in [2.24, 2.45) is 0 Å². The number of hydrogen-bond donors (Lipinski definition) is 1. The Morgan fingerprint density at radius 2 is 1.56 bits per heavy atom. The molecule has 0 atom stereocenters. The fraction of sp³-hybridized carbons (Fsp3) is 0.385. The maximum atomic E-state index is 10.1. The fourth-order valence-corrected chi connectivity index (χ4v) is 0.761. The third-order valence-corrected chi connectivity index (χ3v) is 1.41. The molecular formula is C13H21NO2. The van der Waals surface area contributed by atoms with Gasteiger partial charge in [0.1, 0.15) is 0 Å². The fourth-order valence-electron chi connectivity index (χ4n) is 0.761. The molecule has 1 N–H and O–H groups in total. The Labute approximate surface area is 97.9 Å². The molecule has 0 bridgehead atoms. The number of imide groups is 1. The smallest absolute Gasteiger partial charge is 0.227 e. The summed E-state index contributed by atoms with van der Waals surface area (Å²) in [7, 11) is 0. The Morgan fingerprint density at radius 1 is 1.06 bits per heavy atom. The van der Waals surface area contributed by atoms with E-state index in [0.717, 1.165) is 0 Å². The molecule has 1 rings (SSSR count). The molecule has 90 valence electrons. The number of rotatable bonds is 2. The van der Waals surface area contributed by atoms with Crippen molar-refractivity contribution < 1.29 is 9.59 Å². The molecule has 0 aliphatic carbocycles. The standard InChI is InChI=1S/C7H10.C4H5NO2.C2H6/c1-3-5-7-6-4-2;6-3-1-2-4(7)5-3;1-2/h3-7H,1H2,2H3;1-2H2,(H,5,6,7);1-2H3/b6-4-,7-5-;;. The molecule has 1 saturated heterocycles. The van der Waals surface area contributed by atoms with E-state index in [9.17, 15) is 9.59 Å². The van der Waals surface area contributed by atoms with Crippen LogP contribution in [-0.2, 0) is 9.59 Å². The van der Waals surface area contributed by atoms with Gasteiger partial charge in [0.2, 0.25) is 11.8 Å². The second kappa shape index (κ2) is 13.4. The van der Waals surface area contributed by atoms with E-state index in [4.69, 9.17) is 0 Å². The van der Waals surface area contributed by atoms with Crippen LogP contribution in [0.15, 0.2) is 37.0 Å². The minimum Gasteiger partial charge on any atom is -0.296 e. The van der Waals surface area contributed by atoms with Gasteiger partial charge in [-0.2, -0.15) is 0 Å². The monoisotopic (exact) mass is 223 g/mol. The highest BCUT2D eigenvalue weighted by atomic mass is 16.2. The maximum absolute atomic E-state index is 10.1. The van der Waals surface area contributed by atoms with E-state index in [-0.39, 0.29) is 11.8 Å². The first kappa shape index (κ1) is 16.8. The van der Waals surface area contributed by atoms with Crippen molar-refractivity contribution in [3.8, 4) is 0 Å². The quantitative estimate of drug-likeness (QED) is 0.578. The van der Waals surface area contributed by atoms with Crippen molar-refractivity contribution in [2.75, 3.05) is 0 Å². The zero-order valence-electron chi connectivity index (χ0n) is 10.3. The summed E-state index contributed by atoms with van der Waals surface area (Å²) in [4.78, 5) is 20.2. The summed E-state index contributed by atoms with van der Waals surface area (Å²) in [6.45, 7) is 9.49. The van der Waals surface area contributed by atoms with E-state index in [1.165, 1.54) is 0 Å². The summed E-state index contributed by atoms with van der Waals surface area (Å²) in [5.41, 5.74) is 0. The lowest BCUT2D eigenvalue weighted by Gasteiger charge is -1.79. The number of amides is 2. The van der Waals surface area contributed by atoms with Crippen molar-refractivity contribution in [1.82, 2.24) is 5.32 Å². The molecule has 2 amide bonds. The second-order valence-electron chi connectivity index (χ2n) is 2.62. The molecule has 1 heterocycles. The van der Waals surface area contributed by atoms with Crippen LogP contribution in [0.5, 0.6) is 0 Å². The van der Waals surface area contributed by atoms with Crippen LogP contribution >= 0.6 is 0 Å². The molecule has 0 aromatic rings. The van der Waals surface area contributed by atoms with E-state index in [1.54, 1.807) is 6.08 Å². The Kier molecular flexibility index (Phi) is 14.0. The highest BCUT2D eigenvalue weighted by Crippen LogP contribution is 1.95. The zero-order valence-corrected chi connectivity index (χ0v) is 10.3. The predicted molar refractivity (Wildman–Crippen MR) is 67.9 cm³/mol. The van der Waals surface area contributed by atoms with Crippen LogP contribution in [-0.4, -0.2) is 11.8 Å². The summed E-state index contributed by atoms with van der Waals surface area (Å²) >= 11 is 0. The van der Waals surface area contributed by atoms with Gasteiger partial charge in [-0.1, -0.05) is 50.8 Å². The van der Waals surface area contributed by atoms with Gasteiger partial charge < -0.3 is 0 Å². The molecule has 0 spiro atoms. The van der Waals surface area contributed by atoms with Crippen LogP contribution < -0.4 is 5.32 Å². The van der Waals surface area contributed by atoms with Crippen LogP contribution in [0.4, 0.5) is 0 Å². The highest BCUT2D eigenvalue weighted by molar-refractivity contribution is 6.01. The van der Waals surface area contributed by atoms with E-state index < -0.39 is 0 Å². The first-order valence-corrected chi connectivity index (χ1v) is 5.43. The van der Waals surface area contributed by atoms with Crippen molar-refractivity contribution in [3.63, 3.8) is 0 Å². The predicted octanol–water partition coefficient (Wildman–Crippen LogP) is 2.75. The number of carbonyl (C=O) groups is 2. The third kappa shape index (κ3) is 12.4. The topological polar surface area (TPSA) is 46.2 Å². The summed E-state index contributed by atoms with van der Waals surface area (Å²) < 4.78 is 0.